The Morgan fingerprint density at radius 3 is 2.14 bits per heavy atom. The molecule has 0 heterocycles. The Labute approximate surface area is 131 Å². The first-order valence-corrected chi connectivity index (χ1v) is 8.54. The second-order valence-corrected chi connectivity index (χ2v) is 7.84. The largest absolute Gasteiger partial charge is 0.508 e. The van der Waals surface area contributed by atoms with Crippen molar-refractivity contribution in [1.29, 1.82) is 0 Å². The van der Waals surface area contributed by atoms with Crippen LogP contribution in [0, 0.1) is 0 Å². The predicted octanol–water partition coefficient (Wildman–Crippen LogP) is 3.62. The Bertz CT molecular complexity index is 775. The van der Waals surface area contributed by atoms with E-state index in [4.69, 9.17) is 0 Å². The van der Waals surface area contributed by atoms with Crippen molar-refractivity contribution in [3.8, 4) is 11.5 Å². The third-order valence-corrected chi connectivity index (χ3v) is 5.86. The maximum absolute atomic E-state index is 12.7. The molecule has 0 unspecified atom stereocenters. The zero-order valence-corrected chi connectivity index (χ0v) is 13.7. The summed E-state index contributed by atoms with van der Waals surface area (Å²) in [4.78, 5) is -0.0794. The third kappa shape index (κ3) is 2.95. The van der Waals surface area contributed by atoms with Crippen molar-refractivity contribution >= 4 is 9.84 Å². The first kappa shape index (κ1) is 16.4. The molecule has 2 aromatic carbocycles. The topological polar surface area (TPSA) is 74.6 Å². The molecule has 2 aromatic rings. The molecule has 4 nitrogen and oxygen atoms in total. The van der Waals surface area contributed by atoms with Gasteiger partial charge in [-0.1, -0.05) is 26.8 Å². The molecule has 0 radical (unpaired) electrons. The highest BCUT2D eigenvalue weighted by molar-refractivity contribution is 7.91. The standard InChI is InChI=1S/C17H20O4S/c1-4-17(2,3)12-5-10-15(19)16(11-12)22(20,21)14-8-6-13(18)7-9-14/h5-11,18-19H,4H2,1-3H3. The van der Waals surface area contributed by atoms with E-state index in [1.807, 2.05) is 20.8 Å². The lowest BCUT2D eigenvalue weighted by Gasteiger charge is -2.24. The van der Waals surface area contributed by atoms with E-state index in [1.165, 1.54) is 36.4 Å². The summed E-state index contributed by atoms with van der Waals surface area (Å²) in [6, 6.07) is 9.95. The molecule has 0 amide bonds. The summed E-state index contributed by atoms with van der Waals surface area (Å²) in [6.45, 7) is 6.08. The molecule has 0 aliphatic heterocycles. The van der Waals surface area contributed by atoms with Gasteiger partial charge in [-0.3, -0.25) is 0 Å². The molecule has 5 heteroatoms. The molecule has 0 saturated carbocycles. The molecule has 0 aliphatic carbocycles. The van der Waals surface area contributed by atoms with Gasteiger partial charge >= 0.3 is 0 Å². The van der Waals surface area contributed by atoms with Crippen LogP contribution in [0.1, 0.15) is 32.8 Å². The summed E-state index contributed by atoms with van der Waals surface area (Å²) in [5.41, 5.74) is 0.664. The average Bonchev–Trinajstić information content (AvgIpc) is 2.47. The summed E-state index contributed by atoms with van der Waals surface area (Å²) >= 11 is 0. The van der Waals surface area contributed by atoms with Gasteiger partial charge in [0.15, 0.2) is 0 Å². The summed E-state index contributed by atoms with van der Waals surface area (Å²) in [6.07, 6.45) is 0.844. The highest BCUT2D eigenvalue weighted by Gasteiger charge is 2.25. The number of phenolic OH excluding ortho intramolecular Hbond substituents is 2. The molecule has 2 N–H and O–H groups in total. The van der Waals surface area contributed by atoms with E-state index >= 15 is 0 Å². The Kier molecular flexibility index (Phi) is 4.20. The third-order valence-electron chi connectivity index (χ3n) is 4.06. The maximum atomic E-state index is 12.7. The van der Waals surface area contributed by atoms with Crippen LogP contribution in [0.25, 0.3) is 0 Å². The van der Waals surface area contributed by atoms with Crippen LogP contribution in [0.5, 0.6) is 11.5 Å². The lowest BCUT2D eigenvalue weighted by Crippen LogP contribution is -2.16. The van der Waals surface area contributed by atoms with Crippen LogP contribution in [-0.4, -0.2) is 18.6 Å². The monoisotopic (exact) mass is 320 g/mol. The van der Waals surface area contributed by atoms with Crippen molar-refractivity contribution < 1.29 is 18.6 Å². The minimum atomic E-state index is -3.84. The molecule has 0 aliphatic rings. The SMILES string of the molecule is CCC(C)(C)c1ccc(O)c(S(=O)(=O)c2ccc(O)cc2)c1. The van der Waals surface area contributed by atoms with Gasteiger partial charge < -0.3 is 10.2 Å². The number of phenols is 2. The summed E-state index contributed by atoms with van der Waals surface area (Å²) in [5, 5.41) is 19.3. The first-order chi connectivity index (χ1) is 10.2. The Balaban J connectivity index is 2.60. The molecule has 0 atom stereocenters. The molecule has 22 heavy (non-hydrogen) atoms. The number of hydrogen-bond donors (Lipinski definition) is 2. The second kappa shape index (κ2) is 5.65. The zero-order chi connectivity index (χ0) is 16.5. The minimum absolute atomic E-state index is 0.0101. The van der Waals surface area contributed by atoms with Gasteiger partial charge in [0.1, 0.15) is 16.4 Å². The number of sulfone groups is 1. The first-order valence-electron chi connectivity index (χ1n) is 7.06. The number of benzene rings is 2. The lowest BCUT2D eigenvalue weighted by atomic mass is 9.82. The zero-order valence-electron chi connectivity index (χ0n) is 12.9. The minimum Gasteiger partial charge on any atom is -0.508 e. The Morgan fingerprint density at radius 2 is 1.59 bits per heavy atom. The lowest BCUT2D eigenvalue weighted by molar-refractivity contribution is 0.454. The van der Waals surface area contributed by atoms with Gasteiger partial charge in [-0.25, -0.2) is 8.42 Å². The van der Waals surface area contributed by atoms with E-state index in [2.05, 4.69) is 0 Å². The average molecular weight is 320 g/mol. The van der Waals surface area contributed by atoms with Crippen molar-refractivity contribution in [2.24, 2.45) is 0 Å². The molecular formula is C17H20O4S. The Hall–Kier alpha value is -2.01. The van der Waals surface area contributed by atoms with Gasteiger partial charge in [0.2, 0.25) is 9.84 Å². The molecule has 0 spiro atoms. The van der Waals surface area contributed by atoms with E-state index in [1.54, 1.807) is 6.07 Å². The second-order valence-electron chi connectivity index (χ2n) is 5.92. The number of aromatic hydroxyl groups is 2. The molecule has 0 bridgehead atoms. The van der Waals surface area contributed by atoms with E-state index in [-0.39, 0.29) is 26.7 Å². The van der Waals surface area contributed by atoms with Crippen LogP contribution in [0.15, 0.2) is 52.3 Å². The van der Waals surface area contributed by atoms with Crippen molar-refractivity contribution in [3.63, 3.8) is 0 Å². The van der Waals surface area contributed by atoms with Crippen LogP contribution < -0.4 is 0 Å². The summed E-state index contributed by atoms with van der Waals surface area (Å²) < 4.78 is 25.4. The quantitative estimate of drug-likeness (QED) is 0.902. The maximum Gasteiger partial charge on any atom is 0.210 e. The number of rotatable bonds is 4. The van der Waals surface area contributed by atoms with E-state index in [9.17, 15) is 18.6 Å². The fourth-order valence-electron chi connectivity index (χ4n) is 2.11. The Morgan fingerprint density at radius 1 is 1.00 bits per heavy atom. The van der Waals surface area contributed by atoms with Gasteiger partial charge in [-0.15, -0.1) is 0 Å². The van der Waals surface area contributed by atoms with Gasteiger partial charge in [-0.2, -0.15) is 0 Å². The molecule has 0 aromatic heterocycles. The molecule has 0 saturated heterocycles. The summed E-state index contributed by atoms with van der Waals surface area (Å²) in [7, 11) is -3.84. The number of hydrogen-bond acceptors (Lipinski definition) is 4. The predicted molar refractivity (Wildman–Crippen MR) is 85.0 cm³/mol. The van der Waals surface area contributed by atoms with Crippen LogP contribution in [0.3, 0.4) is 0 Å². The summed E-state index contributed by atoms with van der Waals surface area (Å²) in [5.74, 6) is -0.284. The van der Waals surface area contributed by atoms with Gasteiger partial charge in [0.25, 0.3) is 0 Å². The molecular weight excluding hydrogens is 300 g/mol. The van der Waals surface area contributed by atoms with E-state index in [0.717, 1.165) is 12.0 Å². The van der Waals surface area contributed by atoms with Crippen LogP contribution in [0.2, 0.25) is 0 Å². The normalized spacial score (nSPS) is 12.3. The smallest absolute Gasteiger partial charge is 0.210 e. The van der Waals surface area contributed by atoms with Gasteiger partial charge in [0.05, 0.1) is 4.90 Å². The molecule has 2 rings (SSSR count). The van der Waals surface area contributed by atoms with Crippen LogP contribution >= 0.6 is 0 Å². The van der Waals surface area contributed by atoms with Gasteiger partial charge in [-0.05, 0) is 53.8 Å². The fourth-order valence-corrected chi connectivity index (χ4v) is 3.48. The molecule has 118 valence electrons. The van der Waals surface area contributed by atoms with Crippen molar-refractivity contribution in [2.45, 2.75) is 42.4 Å². The van der Waals surface area contributed by atoms with E-state index < -0.39 is 9.84 Å². The highest BCUT2D eigenvalue weighted by atomic mass is 32.2. The van der Waals surface area contributed by atoms with Crippen molar-refractivity contribution in [3.05, 3.63) is 48.0 Å². The van der Waals surface area contributed by atoms with Crippen LogP contribution in [-0.2, 0) is 15.3 Å². The molecule has 0 fully saturated rings. The van der Waals surface area contributed by atoms with E-state index in [0.29, 0.717) is 0 Å². The van der Waals surface area contributed by atoms with Crippen molar-refractivity contribution in [1.82, 2.24) is 0 Å². The van der Waals surface area contributed by atoms with Crippen molar-refractivity contribution in [2.75, 3.05) is 0 Å². The van der Waals surface area contributed by atoms with Crippen LogP contribution in [0.4, 0.5) is 0 Å². The fraction of sp³-hybridized carbons (Fsp3) is 0.294. The highest BCUT2D eigenvalue weighted by Crippen LogP contribution is 2.35. The van der Waals surface area contributed by atoms with Gasteiger partial charge in [0, 0.05) is 0 Å².